The van der Waals surface area contributed by atoms with Gasteiger partial charge in [0.25, 0.3) is 10.1 Å². The summed E-state index contributed by atoms with van der Waals surface area (Å²) >= 11 is 0. The molecule has 0 spiro atoms. The Kier molecular flexibility index (Phi) is 3.55. The highest BCUT2D eigenvalue weighted by Crippen LogP contribution is 2.28. The highest BCUT2D eigenvalue weighted by Gasteiger charge is 2.32. The molecule has 0 aromatic rings. The first-order valence-electron chi connectivity index (χ1n) is 4.83. The van der Waals surface area contributed by atoms with Gasteiger partial charge in [0.1, 0.15) is 0 Å². The number of hydrogen-bond acceptors (Lipinski definition) is 4. The van der Waals surface area contributed by atoms with Crippen LogP contribution in [0, 0.1) is 0 Å². The Bertz CT molecular complexity index is 285. The first kappa shape index (κ1) is 11.9. The average molecular weight is 222 g/mol. The highest BCUT2D eigenvalue weighted by atomic mass is 32.2. The molecule has 1 aliphatic heterocycles. The standard InChI is InChI=1S/C9H18O4S/c1-8-5-4-6-9(2,13-8)7-12-14(3,10)11/h8H,4-7H2,1-3H3. The lowest BCUT2D eigenvalue weighted by atomic mass is 9.94. The Labute approximate surface area is 85.7 Å². The molecule has 5 heteroatoms. The normalized spacial score (nSPS) is 34.4. The van der Waals surface area contributed by atoms with Crippen molar-refractivity contribution in [3.63, 3.8) is 0 Å². The van der Waals surface area contributed by atoms with Crippen LogP contribution in [0.4, 0.5) is 0 Å². The van der Waals surface area contributed by atoms with Gasteiger partial charge in [0.05, 0.1) is 24.6 Å². The van der Waals surface area contributed by atoms with Crippen molar-refractivity contribution in [3.05, 3.63) is 0 Å². The summed E-state index contributed by atoms with van der Waals surface area (Å²) in [7, 11) is -3.36. The SMILES string of the molecule is CC1CCCC(C)(COS(C)(=O)=O)O1. The smallest absolute Gasteiger partial charge is 0.264 e. The number of rotatable bonds is 3. The molecule has 14 heavy (non-hydrogen) atoms. The molecule has 4 nitrogen and oxygen atoms in total. The Morgan fingerprint density at radius 1 is 1.57 bits per heavy atom. The largest absolute Gasteiger partial charge is 0.370 e. The van der Waals surface area contributed by atoms with Crippen LogP contribution in [0.3, 0.4) is 0 Å². The van der Waals surface area contributed by atoms with Crippen molar-refractivity contribution in [1.29, 1.82) is 0 Å². The third kappa shape index (κ3) is 3.94. The number of ether oxygens (including phenoxy) is 1. The van der Waals surface area contributed by atoms with E-state index in [1.807, 2.05) is 13.8 Å². The fraction of sp³-hybridized carbons (Fsp3) is 1.00. The van der Waals surface area contributed by atoms with Gasteiger partial charge in [-0.15, -0.1) is 0 Å². The molecule has 0 saturated carbocycles. The zero-order valence-corrected chi connectivity index (χ0v) is 9.76. The van der Waals surface area contributed by atoms with E-state index in [-0.39, 0.29) is 12.7 Å². The summed E-state index contributed by atoms with van der Waals surface area (Å²) in [4.78, 5) is 0. The molecule has 1 aliphatic rings. The van der Waals surface area contributed by atoms with Crippen LogP contribution in [0.1, 0.15) is 33.1 Å². The molecule has 0 radical (unpaired) electrons. The van der Waals surface area contributed by atoms with Gasteiger partial charge in [-0.2, -0.15) is 8.42 Å². The van der Waals surface area contributed by atoms with Gasteiger partial charge in [0.2, 0.25) is 0 Å². The molecule has 0 bridgehead atoms. The third-order valence-corrected chi connectivity index (χ3v) is 2.93. The maximum atomic E-state index is 10.8. The van der Waals surface area contributed by atoms with Gasteiger partial charge in [-0.3, -0.25) is 4.18 Å². The van der Waals surface area contributed by atoms with Crippen molar-refractivity contribution in [1.82, 2.24) is 0 Å². The van der Waals surface area contributed by atoms with Gasteiger partial charge in [0, 0.05) is 0 Å². The third-order valence-electron chi connectivity index (χ3n) is 2.38. The van der Waals surface area contributed by atoms with Crippen LogP contribution in [-0.4, -0.2) is 33.0 Å². The molecule has 84 valence electrons. The van der Waals surface area contributed by atoms with Gasteiger partial charge < -0.3 is 4.74 Å². The van der Waals surface area contributed by atoms with Crippen LogP contribution in [0.5, 0.6) is 0 Å². The highest BCUT2D eigenvalue weighted by molar-refractivity contribution is 7.85. The molecule has 1 fully saturated rings. The maximum absolute atomic E-state index is 10.8. The average Bonchev–Trinajstić information content (AvgIpc) is 1.99. The molecule has 1 saturated heterocycles. The lowest BCUT2D eigenvalue weighted by Crippen LogP contribution is -2.41. The molecular formula is C9H18O4S. The molecule has 0 aromatic carbocycles. The molecule has 1 heterocycles. The first-order valence-corrected chi connectivity index (χ1v) is 6.65. The van der Waals surface area contributed by atoms with E-state index in [1.54, 1.807) is 0 Å². The second-order valence-corrected chi connectivity index (χ2v) is 5.88. The van der Waals surface area contributed by atoms with Crippen LogP contribution >= 0.6 is 0 Å². The minimum Gasteiger partial charge on any atom is -0.370 e. The molecule has 0 N–H and O–H groups in total. The van der Waals surface area contributed by atoms with E-state index in [1.165, 1.54) is 0 Å². The van der Waals surface area contributed by atoms with Crippen molar-refractivity contribution in [2.45, 2.75) is 44.8 Å². The lowest BCUT2D eigenvalue weighted by Gasteiger charge is -2.36. The molecule has 0 aliphatic carbocycles. The van der Waals surface area contributed by atoms with Gasteiger partial charge in [-0.1, -0.05) is 0 Å². The fourth-order valence-corrected chi connectivity index (χ4v) is 2.17. The quantitative estimate of drug-likeness (QED) is 0.676. The van der Waals surface area contributed by atoms with Crippen LogP contribution in [0.15, 0.2) is 0 Å². The van der Waals surface area contributed by atoms with Crippen molar-refractivity contribution in [2.24, 2.45) is 0 Å². The van der Waals surface area contributed by atoms with E-state index in [4.69, 9.17) is 8.92 Å². The van der Waals surface area contributed by atoms with Crippen LogP contribution in [0.25, 0.3) is 0 Å². The van der Waals surface area contributed by atoms with Gasteiger partial charge >= 0.3 is 0 Å². The zero-order chi connectivity index (χ0) is 10.8. The van der Waals surface area contributed by atoms with Gasteiger partial charge in [-0.05, 0) is 33.1 Å². The zero-order valence-electron chi connectivity index (χ0n) is 8.95. The Morgan fingerprint density at radius 3 is 2.71 bits per heavy atom. The fourth-order valence-electron chi connectivity index (χ4n) is 1.70. The second-order valence-electron chi connectivity index (χ2n) is 4.24. The van der Waals surface area contributed by atoms with Crippen LogP contribution < -0.4 is 0 Å². The Morgan fingerprint density at radius 2 is 2.21 bits per heavy atom. The predicted octanol–water partition coefficient (Wildman–Crippen LogP) is 1.31. The van der Waals surface area contributed by atoms with Crippen molar-refractivity contribution in [3.8, 4) is 0 Å². The summed E-state index contributed by atoms with van der Waals surface area (Å²) in [5.41, 5.74) is -0.444. The summed E-state index contributed by atoms with van der Waals surface area (Å²) in [6, 6.07) is 0. The van der Waals surface area contributed by atoms with Crippen LogP contribution in [0.2, 0.25) is 0 Å². The number of hydrogen-bond donors (Lipinski definition) is 0. The van der Waals surface area contributed by atoms with Crippen LogP contribution in [-0.2, 0) is 19.0 Å². The second kappa shape index (κ2) is 4.16. The van der Waals surface area contributed by atoms with Crippen molar-refractivity contribution in [2.75, 3.05) is 12.9 Å². The van der Waals surface area contributed by atoms with E-state index in [0.29, 0.717) is 0 Å². The van der Waals surface area contributed by atoms with Crippen molar-refractivity contribution < 1.29 is 17.3 Å². The topological polar surface area (TPSA) is 52.6 Å². The molecule has 1 rings (SSSR count). The van der Waals surface area contributed by atoms with Gasteiger partial charge in [-0.25, -0.2) is 0 Å². The summed E-state index contributed by atoms with van der Waals surface area (Å²) in [6.07, 6.45) is 4.20. The molecule has 0 amide bonds. The van der Waals surface area contributed by atoms with E-state index in [9.17, 15) is 8.42 Å². The molecule has 2 unspecified atom stereocenters. The van der Waals surface area contributed by atoms with E-state index >= 15 is 0 Å². The Hall–Kier alpha value is -0.130. The summed E-state index contributed by atoms with van der Waals surface area (Å²) < 4.78 is 32.1. The summed E-state index contributed by atoms with van der Waals surface area (Å²) in [5.74, 6) is 0. The first-order chi connectivity index (χ1) is 6.31. The molecule has 0 aromatic heterocycles. The molecular weight excluding hydrogens is 204 g/mol. The predicted molar refractivity (Wildman–Crippen MR) is 53.6 cm³/mol. The molecule has 2 atom stereocenters. The minimum absolute atomic E-state index is 0.121. The lowest BCUT2D eigenvalue weighted by molar-refractivity contribution is -0.127. The monoisotopic (exact) mass is 222 g/mol. The minimum atomic E-state index is -3.36. The Balaban J connectivity index is 2.49. The van der Waals surface area contributed by atoms with E-state index < -0.39 is 15.7 Å². The summed E-state index contributed by atoms with van der Waals surface area (Å²) in [6.45, 7) is 4.02. The van der Waals surface area contributed by atoms with E-state index in [2.05, 4.69) is 0 Å². The van der Waals surface area contributed by atoms with Gasteiger partial charge in [0.15, 0.2) is 0 Å². The maximum Gasteiger partial charge on any atom is 0.264 e. The van der Waals surface area contributed by atoms with E-state index in [0.717, 1.165) is 25.5 Å². The van der Waals surface area contributed by atoms with Crippen molar-refractivity contribution >= 4 is 10.1 Å². The summed E-state index contributed by atoms with van der Waals surface area (Å²) in [5, 5.41) is 0.